The van der Waals surface area contributed by atoms with Crippen molar-refractivity contribution in [3.05, 3.63) is 15.3 Å². The first-order valence-corrected chi connectivity index (χ1v) is 4.77. The molecule has 11 heavy (non-hydrogen) atoms. The van der Waals surface area contributed by atoms with Crippen molar-refractivity contribution in [3.8, 4) is 0 Å². The van der Waals surface area contributed by atoms with Crippen molar-refractivity contribution in [2.45, 2.75) is 13.0 Å². The van der Waals surface area contributed by atoms with Crippen molar-refractivity contribution in [3.63, 3.8) is 0 Å². The molecular weight excluding hydrogens is 279 g/mol. The lowest BCUT2D eigenvalue weighted by molar-refractivity contribution is 0.432. The molecule has 0 aliphatic rings. The molecule has 0 aromatic carbocycles. The Bertz CT molecular complexity index is 236. The Kier molecular flexibility index (Phi) is 3.51. The number of hydrogen-bond acceptors (Lipinski definition) is 1. The molecule has 0 bridgehead atoms. The number of aromatic nitrogens is 2. The number of nitrogens with zero attached hydrogens (tertiary/aromatic N) is 2. The molecule has 0 aliphatic carbocycles. The average Bonchev–Trinajstić information content (AvgIpc) is 2.26. The quantitative estimate of drug-likeness (QED) is 0.835. The lowest BCUT2D eigenvalue weighted by Crippen LogP contribution is -2.00. The molecule has 1 rings (SSSR count). The first-order chi connectivity index (χ1) is 5.24. The molecule has 0 N–H and O–H groups in total. The molecule has 62 valence electrons. The molecule has 2 nitrogen and oxygen atoms in total. The number of aryl methyl sites for hydroxylation is 1. The van der Waals surface area contributed by atoms with Gasteiger partial charge in [-0.05, 0) is 38.3 Å². The van der Waals surface area contributed by atoms with Crippen LogP contribution < -0.4 is 0 Å². The maximum atomic E-state index is 11.7. The van der Waals surface area contributed by atoms with Crippen LogP contribution in [0.25, 0.3) is 0 Å². The number of hydrogen-bond donors (Lipinski definition) is 0. The Labute approximate surface area is 81.0 Å². The summed E-state index contributed by atoms with van der Waals surface area (Å²) >= 11 is 6.51. The standard InChI is InChI=1S/C6H7Br2FN2/c7-5-4-6(8)11(10-5)3-1-2-9/h4H,1-3H2. The summed E-state index contributed by atoms with van der Waals surface area (Å²) in [5.74, 6) is 0. The summed E-state index contributed by atoms with van der Waals surface area (Å²) in [7, 11) is 0. The molecule has 1 aromatic heterocycles. The van der Waals surface area contributed by atoms with Crippen molar-refractivity contribution >= 4 is 31.9 Å². The average molecular weight is 286 g/mol. The van der Waals surface area contributed by atoms with Crippen LogP contribution in [0.5, 0.6) is 0 Å². The van der Waals surface area contributed by atoms with Crippen LogP contribution in [0.3, 0.4) is 0 Å². The van der Waals surface area contributed by atoms with E-state index in [0.717, 1.165) is 9.21 Å². The van der Waals surface area contributed by atoms with Gasteiger partial charge in [0.2, 0.25) is 0 Å². The summed E-state index contributed by atoms with van der Waals surface area (Å²) in [6.45, 7) is 0.312. The molecule has 0 atom stereocenters. The zero-order chi connectivity index (χ0) is 8.27. The van der Waals surface area contributed by atoms with Gasteiger partial charge in [-0.25, -0.2) is 0 Å². The van der Waals surface area contributed by atoms with Gasteiger partial charge in [-0.15, -0.1) is 0 Å². The van der Waals surface area contributed by atoms with Crippen LogP contribution in [-0.4, -0.2) is 16.5 Å². The smallest absolute Gasteiger partial charge is 0.129 e. The maximum absolute atomic E-state index is 11.7. The summed E-state index contributed by atoms with van der Waals surface area (Å²) < 4.78 is 15.1. The van der Waals surface area contributed by atoms with Crippen LogP contribution in [0.1, 0.15) is 6.42 Å². The fraction of sp³-hybridized carbons (Fsp3) is 0.500. The lowest BCUT2D eigenvalue weighted by Gasteiger charge is -1.98. The largest absolute Gasteiger partial charge is 0.257 e. The maximum Gasteiger partial charge on any atom is 0.129 e. The fourth-order valence-electron chi connectivity index (χ4n) is 0.731. The van der Waals surface area contributed by atoms with Crippen LogP contribution >= 0.6 is 31.9 Å². The minimum Gasteiger partial charge on any atom is -0.257 e. The minimum atomic E-state index is -0.302. The molecule has 1 aromatic rings. The first-order valence-electron chi connectivity index (χ1n) is 3.19. The highest BCUT2D eigenvalue weighted by Crippen LogP contribution is 2.16. The van der Waals surface area contributed by atoms with Gasteiger partial charge in [0.05, 0.1) is 6.67 Å². The van der Waals surface area contributed by atoms with Gasteiger partial charge < -0.3 is 0 Å². The van der Waals surface area contributed by atoms with E-state index in [1.165, 1.54) is 0 Å². The molecule has 0 saturated heterocycles. The lowest BCUT2D eigenvalue weighted by atomic mass is 10.5. The van der Waals surface area contributed by atoms with Gasteiger partial charge in [0.1, 0.15) is 9.21 Å². The van der Waals surface area contributed by atoms with Crippen molar-refractivity contribution in [1.29, 1.82) is 0 Å². The predicted molar refractivity (Wildman–Crippen MR) is 48.2 cm³/mol. The van der Waals surface area contributed by atoms with Crippen LogP contribution in [0.2, 0.25) is 0 Å². The minimum absolute atomic E-state index is 0.302. The Morgan fingerprint density at radius 1 is 1.55 bits per heavy atom. The summed E-state index contributed by atoms with van der Waals surface area (Å²) in [6.07, 6.45) is 0.507. The molecule has 5 heteroatoms. The van der Waals surface area contributed by atoms with Gasteiger partial charge in [0.15, 0.2) is 0 Å². The fourth-order valence-corrected chi connectivity index (χ4v) is 1.92. The summed E-state index contributed by atoms with van der Waals surface area (Å²) in [5, 5.41) is 4.07. The van der Waals surface area contributed by atoms with Gasteiger partial charge in [0, 0.05) is 12.6 Å². The van der Waals surface area contributed by atoms with E-state index in [1.54, 1.807) is 4.68 Å². The Balaban J connectivity index is 2.62. The number of rotatable bonds is 3. The highest BCUT2D eigenvalue weighted by molar-refractivity contribution is 9.11. The third kappa shape index (κ3) is 2.56. The molecule has 0 aliphatic heterocycles. The normalized spacial score (nSPS) is 10.5. The van der Waals surface area contributed by atoms with Crippen LogP contribution in [-0.2, 0) is 6.54 Å². The molecule has 0 saturated carbocycles. The van der Waals surface area contributed by atoms with E-state index in [4.69, 9.17) is 0 Å². The summed E-state index contributed by atoms with van der Waals surface area (Å²) in [4.78, 5) is 0. The van der Waals surface area contributed by atoms with Crippen molar-refractivity contribution < 1.29 is 4.39 Å². The Morgan fingerprint density at radius 2 is 2.27 bits per heavy atom. The van der Waals surface area contributed by atoms with Gasteiger partial charge in [0.25, 0.3) is 0 Å². The highest BCUT2D eigenvalue weighted by atomic mass is 79.9. The van der Waals surface area contributed by atoms with E-state index in [0.29, 0.717) is 13.0 Å². The number of alkyl halides is 1. The van der Waals surface area contributed by atoms with Crippen molar-refractivity contribution in [1.82, 2.24) is 9.78 Å². The number of halogens is 3. The van der Waals surface area contributed by atoms with E-state index >= 15 is 0 Å². The third-order valence-corrected chi connectivity index (χ3v) is 2.23. The Morgan fingerprint density at radius 3 is 2.73 bits per heavy atom. The van der Waals surface area contributed by atoms with Gasteiger partial charge in [-0.2, -0.15) is 5.10 Å². The first kappa shape index (κ1) is 9.19. The van der Waals surface area contributed by atoms with Gasteiger partial charge in [-0.1, -0.05) is 0 Å². The SMILES string of the molecule is FCCCn1nc(Br)cc1Br. The van der Waals surface area contributed by atoms with E-state index in [-0.39, 0.29) is 6.67 Å². The van der Waals surface area contributed by atoms with E-state index in [2.05, 4.69) is 37.0 Å². The molecule has 0 spiro atoms. The highest BCUT2D eigenvalue weighted by Gasteiger charge is 2.01. The molecule has 1 heterocycles. The van der Waals surface area contributed by atoms with Gasteiger partial charge in [-0.3, -0.25) is 9.07 Å². The molecule has 0 radical (unpaired) electrons. The molecule has 0 unspecified atom stereocenters. The second-order valence-electron chi connectivity index (χ2n) is 2.06. The van der Waals surface area contributed by atoms with E-state index in [1.807, 2.05) is 6.07 Å². The third-order valence-electron chi connectivity index (χ3n) is 1.20. The zero-order valence-corrected chi connectivity index (χ0v) is 8.90. The van der Waals surface area contributed by atoms with Crippen molar-refractivity contribution in [2.75, 3.05) is 6.67 Å². The van der Waals surface area contributed by atoms with Gasteiger partial charge >= 0.3 is 0 Å². The van der Waals surface area contributed by atoms with E-state index in [9.17, 15) is 4.39 Å². The second-order valence-corrected chi connectivity index (χ2v) is 3.68. The summed E-state index contributed by atoms with van der Waals surface area (Å²) in [5.41, 5.74) is 0. The predicted octanol–water partition coefficient (Wildman–Crippen LogP) is 2.77. The summed E-state index contributed by atoms with van der Waals surface area (Å²) in [6, 6.07) is 1.83. The molecular formula is C6H7Br2FN2. The molecule has 0 fully saturated rings. The monoisotopic (exact) mass is 284 g/mol. The second kappa shape index (κ2) is 4.21. The van der Waals surface area contributed by atoms with Crippen LogP contribution in [0.4, 0.5) is 4.39 Å². The molecule has 0 amide bonds. The van der Waals surface area contributed by atoms with Crippen LogP contribution in [0.15, 0.2) is 15.3 Å². The zero-order valence-electron chi connectivity index (χ0n) is 5.73. The Hall–Kier alpha value is 0.1000. The van der Waals surface area contributed by atoms with Crippen LogP contribution in [0, 0.1) is 0 Å². The van der Waals surface area contributed by atoms with Crippen molar-refractivity contribution in [2.24, 2.45) is 0 Å². The topological polar surface area (TPSA) is 17.8 Å². The van der Waals surface area contributed by atoms with E-state index < -0.39 is 0 Å².